The van der Waals surface area contributed by atoms with E-state index < -0.39 is 15.3 Å². The summed E-state index contributed by atoms with van der Waals surface area (Å²) in [6.45, 7) is 7.77. The van der Waals surface area contributed by atoms with Crippen molar-refractivity contribution in [2.75, 3.05) is 5.75 Å². The topological polar surface area (TPSA) is 51.2 Å². The molecule has 3 atom stereocenters. The second kappa shape index (κ2) is 5.72. The van der Waals surface area contributed by atoms with E-state index in [2.05, 4.69) is 26.2 Å². The predicted octanol–water partition coefficient (Wildman–Crippen LogP) is 3.81. The lowest BCUT2D eigenvalue weighted by atomic mass is 9.65. The van der Waals surface area contributed by atoms with Crippen LogP contribution < -0.4 is 0 Å². The fourth-order valence-corrected chi connectivity index (χ4v) is 7.20. The van der Waals surface area contributed by atoms with Gasteiger partial charge in [0.2, 0.25) is 0 Å². The molecule has 0 amide bonds. The van der Waals surface area contributed by atoms with Gasteiger partial charge in [-0.05, 0) is 42.7 Å². The van der Waals surface area contributed by atoms with Gasteiger partial charge in [-0.15, -0.1) is 5.73 Å². The quantitative estimate of drug-likeness (QED) is 0.603. The molecule has 3 nitrogen and oxygen atoms in total. The van der Waals surface area contributed by atoms with Gasteiger partial charge in [0.05, 0.1) is 10.6 Å². The van der Waals surface area contributed by atoms with Gasteiger partial charge in [0.15, 0.2) is 15.6 Å². The van der Waals surface area contributed by atoms with Crippen LogP contribution in [0.1, 0.15) is 33.1 Å². The Balaban J connectivity index is 2.04. The van der Waals surface area contributed by atoms with Gasteiger partial charge in [-0.25, -0.2) is 8.42 Å². The van der Waals surface area contributed by atoms with Crippen LogP contribution in [0.25, 0.3) is 0 Å². The molecule has 0 N–H and O–H groups in total. The molecule has 1 aromatic carbocycles. The van der Waals surface area contributed by atoms with Gasteiger partial charge in [-0.3, -0.25) is 4.79 Å². The van der Waals surface area contributed by atoms with Crippen LogP contribution in [0.2, 0.25) is 0 Å². The molecule has 0 saturated heterocycles. The fraction of sp³-hybridized carbons (Fsp3) is 0.500. The second-order valence-electron chi connectivity index (χ2n) is 7.72. The summed E-state index contributed by atoms with van der Waals surface area (Å²) in [4.78, 5) is 12.9. The number of fused-ring (bicyclic) bond motifs is 2. The van der Waals surface area contributed by atoms with Crippen LogP contribution in [0.5, 0.6) is 0 Å². The first-order valence-corrected chi connectivity index (χ1v) is 10.1. The third kappa shape index (κ3) is 2.40. The van der Waals surface area contributed by atoms with E-state index >= 15 is 0 Å². The minimum absolute atomic E-state index is 0.0245. The highest BCUT2D eigenvalue weighted by atomic mass is 32.2. The lowest BCUT2D eigenvalue weighted by molar-refractivity contribution is -0.122. The van der Waals surface area contributed by atoms with Crippen LogP contribution >= 0.6 is 0 Å². The molecule has 0 heterocycles. The Morgan fingerprint density at radius 3 is 2.58 bits per heavy atom. The summed E-state index contributed by atoms with van der Waals surface area (Å²) < 4.78 is 26.1. The zero-order valence-electron chi connectivity index (χ0n) is 14.3. The van der Waals surface area contributed by atoms with Crippen molar-refractivity contribution < 1.29 is 13.2 Å². The molecule has 2 fully saturated rings. The molecule has 3 rings (SSSR count). The van der Waals surface area contributed by atoms with Crippen molar-refractivity contribution in [2.45, 2.75) is 38.0 Å². The molecule has 2 saturated carbocycles. The monoisotopic (exact) mass is 344 g/mol. The molecule has 0 unspecified atom stereocenters. The molecule has 2 aliphatic rings. The van der Waals surface area contributed by atoms with Crippen LogP contribution in [0.4, 0.5) is 0 Å². The van der Waals surface area contributed by atoms with Crippen LogP contribution in [0.15, 0.2) is 53.6 Å². The summed E-state index contributed by atoms with van der Waals surface area (Å²) in [7, 11) is -3.44. The lowest BCUT2D eigenvalue weighted by Gasteiger charge is -2.41. The maximum Gasteiger partial charge on any atom is 0.178 e. The van der Waals surface area contributed by atoms with Gasteiger partial charge >= 0.3 is 0 Å². The van der Waals surface area contributed by atoms with Gasteiger partial charge in [-0.2, -0.15) is 0 Å². The third-order valence-corrected chi connectivity index (χ3v) is 8.45. The van der Waals surface area contributed by atoms with Crippen molar-refractivity contribution >= 4 is 15.6 Å². The van der Waals surface area contributed by atoms with Crippen LogP contribution in [-0.2, 0) is 14.6 Å². The molecule has 0 aromatic heterocycles. The van der Waals surface area contributed by atoms with Gasteiger partial charge < -0.3 is 0 Å². The van der Waals surface area contributed by atoms with Crippen molar-refractivity contribution in [3.05, 3.63) is 48.7 Å². The highest BCUT2D eigenvalue weighted by molar-refractivity contribution is 7.91. The first kappa shape index (κ1) is 17.2. The third-order valence-electron chi connectivity index (χ3n) is 6.57. The summed E-state index contributed by atoms with van der Waals surface area (Å²) in [5, 5.41) is 0. The summed E-state index contributed by atoms with van der Waals surface area (Å²) in [6, 6.07) is 8.57. The summed E-state index contributed by atoms with van der Waals surface area (Å²) in [5.41, 5.74) is 1.90. The second-order valence-corrected chi connectivity index (χ2v) is 9.71. The van der Waals surface area contributed by atoms with E-state index in [9.17, 15) is 13.2 Å². The van der Waals surface area contributed by atoms with E-state index in [1.807, 2.05) is 6.07 Å². The molecule has 2 bridgehead atoms. The first-order chi connectivity index (χ1) is 11.2. The SMILES string of the molecule is C=C=CC(=O)[C@H]1C[C@@H]2CC[C@@]1(CS(=O)(=O)c1ccccc1)C2(C)C. The summed E-state index contributed by atoms with van der Waals surface area (Å²) in [5.74, 6) is 0.160. The minimum atomic E-state index is -3.44. The summed E-state index contributed by atoms with van der Waals surface area (Å²) in [6.07, 6.45) is 3.95. The average molecular weight is 344 g/mol. The van der Waals surface area contributed by atoms with Crippen molar-refractivity contribution in [1.82, 2.24) is 0 Å². The zero-order valence-corrected chi connectivity index (χ0v) is 15.1. The van der Waals surface area contributed by atoms with Gasteiger partial charge in [0.1, 0.15) is 0 Å². The Morgan fingerprint density at radius 2 is 2.00 bits per heavy atom. The molecule has 0 spiro atoms. The molecular formula is C20H24O3S. The minimum Gasteiger partial charge on any atom is -0.294 e. The molecule has 0 aliphatic heterocycles. The van der Waals surface area contributed by atoms with Crippen molar-refractivity contribution in [3.63, 3.8) is 0 Å². The van der Waals surface area contributed by atoms with Crippen LogP contribution in [0, 0.1) is 22.7 Å². The van der Waals surface area contributed by atoms with E-state index in [1.165, 1.54) is 6.08 Å². The zero-order chi connectivity index (χ0) is 17.6. The number of ketones is 1. The number of rotatable bonds is 5. The number of benzene rings is 1. The molecule has 128 valence electrons. The van der Waals surface area contributed by atoms with Crippen molar-refractivity contribution in [1.29, 1.82) is 0 Å². The Bertz CT molecular complexity index is 801. The standard InChI is InChI=1S/C20H24O3S/c1-4-8-18(21)17-13-15-11-12-20(17,19(15,2)3)14-24(22,23)16-9-6-5-7-10-16/h5-10,15,17H,1,11-14H2,2-3H3/t15-,17+,20-/m0/s1. The molecule has 0 radical (unpaired) electrons. The van der Waals surface area contributed by atoms with E-state index in [0.717, 1.165) is 19.3 Å². The Morgan fingerprint density at radius 1 is 1.33 bits per heavy atom. The molecule has 2 aliphatic carbocycles. The lowest BCUT2D eigenvalue weighted by Crippen LogP contribution is -2.44. The van der Waals surface area contributed by atoms with E-state index in [-0.39, 0.29) is 22.9 Å². The maximum atomic E-state index is 13.0. The number of hydrogen-bond donors (Lipinski definition) is 0. The predicted molar refractivity (Wildman–Crippen MR) is 94.3 cm³/mol. The van der Waals surface area contributed by atoms with E-state index in [4.69, 9.17) is 0 Å². The largest absolute Gasteiger partial charge is 0.294 e. The number of sulfone groups is 1. The fourth-order valence-electron chi connectivity index (χ4n) is 5.07. The molecular weight excluding hydrogens is 320 g/mol. The average Bonchev–Trinajstić information content (AvgIpc) is 2.90. The highest BCUT2D eigenvalue weighted by Gasteiger charge is 2.66. The van der Waals surface area contributed by atoms with Crippen molar-refractivity contribution in [3.8, 4) is 0 Å². The Kier molecular flexibility index (Phi) is 4.09. The van der Waals surface area contributed by atoms with Gasteiger partial charge in [-0.1, -0.05) is 38.6 Å². The van der Waals surface area contributed by atoms with Crippen LogP contribution in [0.3, 0.4) is 0 Å². The highest BCUT2D eigenvalue weighted by Crippen LogP contribution is 2.69. The van der Waals surface area contributed by atoms with E-state index in [1.54, 1.807) is 24.3 Å². The Labute approximate surface area is 144 Å². The molecule has 4 heteroatoms. The van der Waals surface area contributed by atoms with Crippen LogP contribution in [-0.4, -0.2) is 20.0 Å². The first-order valence-electron chi connectivity index (χ1n) is 8.42. The maximum absolute atomic E-state index is 13.0. The number of hydrogen-bond acceptors (Lipinski definition) is 3. The van der Waals surface area contributed by atoms with Crippen molar-refractivity contribution in [2.24, 2.45) is 22.7 Å². The number of carbonyl (C=O) groups is 1. The van der Waals surface area contributed by atoms with E-state index in [0.29, 0.717) is 10.8 Å². The molecule has 24 heavy (non-hydrogen) atoms. The Hall–Kier alpha value is -1.64. The number of allylic oxidation sites excluding steroid dienone is 1. The number of carbonyl (C=O) groups excluding carboxylic acids is 1. The van der Waals surface area contributed by atoms with Gasteiger partial charge in [0, 0.05) is 17.4 Å². The summed E-state index contributed by atoms with van der Waals surface area (Å²) >= 11 is 0. The smallest absolute Gasteiger partial charge is 0.178 e. The van der Waals surface area contributed by atoms with Gasteiger partial charge in [0.25, 0.3) is 0 Å². The normalized spacial score (nSPS) is 30.8. The molecule has 1 aromatic rings.